The van der Waals surface area contributed by atoms with Crippen molar-refractivity contribution in [3.8, 4) is 0 Å². The first-order valence-electron chi connectivity index (χ1n) is 8.30. The minimum Gasteiger partial charge on any atom is -0.375 e. The third-order valence-electron chi connectivity index (χ3n) is 4.34. The molecule has 1 N–H and O–H groups in total. The lowest BCUT2D eigenvalue weighted by Gasteiger charge is -2.38. The molecule has 1 aliphatic rings. The molecule has 1 aliphatic heterocycles. The van der Waals surface area contributed by atoms with E-state index in [4.69, 9.17) is 4.74 Å². The van der Waals surface area contributed by atoms with Crippen LogP contribution >= 0.6 is 0 Å². The molecular formula is C19H19F3N2O2. The Bertz CT molecular complexity index is 811. The van der Waals surface area contributed by atoms with Gasteiger partial charge < -0.3 is 15.0 Å². The van der Waals surface area contributed by atoms with E-state index in [9.17, 15) is 18.0 Å². The predicted molar refractivity (Wildman–Crippen MR) is 92.9 cm³/mol. The summed E-state index contributed by atoms with van der Waals surface area (Å²) in [6, 6.07) is 8.89. The van der Waals surface area contributed by atoms with Gasteiger partial charge in [0.2, 0.25) is 0 Å². The van der Waals surface area contributed by atoms with Crippen molar-refractivity contribution in [2.75, 3.05) is 23.4 Å². The first-order valence-corrected chi connectivity index (χ1v) is 8.30. The summed E-state index contributed by atoms with van der Waals surface area (Å²) in [5, 5.41) is 2.48. The highest BCUT2D eigenvalue weighted by atomic mass is 19.2. The smallest absolute Gasteiger partial charge is 0.258 e. The molecule has 2 atom stereocenters. The van der Waals surface area contributed by atoms with Crippen LogP contribution in [0, 0.1) is 17.5 Å². The molecule has 4 nitrogen and oxygen atoms in total. The zero-order valence-corrected chi connectivity index (χ0v) is 14.4. The number of morpholine rings is 1. The lowest BCUT2D eigenvalue weighted by molar-refractivity contribution is 0.0344. The Kier molecular flexibility index (Phi) is 5.18. The van der Waals surface area contributed by atoms with E-state index in [0.29, 0.717) is 12.3 Å². The molecule has 0 bridgehead atoms. The number of nitrogens with zero attached hydrogens (tertiary/aromatic N) is 1. The Balaban J connectivity index is 1.73. The molecule has 1 heterocycles. The molecular weight excluding hydrogens is 345 g/mol. The van der Waals surface area contributed by atoms with Crippen LogP contribution < -0.4 is 10.2 Å². The normalized spacial score (nSPS) is 20.1. The fraction of sp³-hybridized carbons (Fsp3) is 0.316. The van der Waals surface area contributed by atoms with Crippen LogP contribution in [-0.2, 0) is 4.74 Å². The number of anilines is 2. The Morgan fingerprint density at radius 2 is 1.77 bits per heavy atom. The Morgan fingerprint density at radius 3 is 2.46 bits per heavy atom. The van der Waals surface area contributed by atoms with Crippen molar-refractivity contribution in [2.45, 2.75) is 26.0 Å². The molecule has 0 radical (unpaired) electrons. The largest absolute Gasteiger partial charge is 0.375 e. The number of carbonyl (C=O) groups is 1. The maximum Gasteiger partial charge on any atom is 0.258 e. The maximum absolute atomic E-state index is 13.7. The van der Waals surface area contributed by atoms with Crippen LogP contribution in [0.1, 0.15) is 24.2 Å². The summed E-state index contributed by atoms with van der Waals surface area (Å²) >= 11 is 0. The molecule has 138 valence electrons. The molecule has 7 heteroatoms. The summed E-state index contributed by atoms with van der Waals surface area (Å²) in [5.74, 6) is -5.35. The molecule has 2 unspecified atom stereocenters. The number of ether oxygens (including phenoxy) is 1. The monoisotopic (exact) mass is 364 g/mol. The van der Waals surface area contributed by atoms with Crippen LogP contribution in [0.15, 0.2) is 36.4 Å². The molecule has 1 fully saturated rings. The number of benzene rings is 2. The van der Waals surface area contributed by atoms with Crippen LogP contribution in [0.5, 0.6) is 0 Å². The van der Waals surface area contributed by atoms with Gasteiger partial charge in [0.15, 0.2) is 17.5 Å². The van der Waals surface area contributed by atoms with Gasteiger partial charge in [0.05, 0.1) is 18.3 Å². The van der Waals surface area contributed by atoms with Gasteiger partial charge in [0.25, 0.3) is 5.91 Å². The highest BCUT2D eigenvalue weighted by molar-refractivity contribution is 6.04. The molecule has 26 heavy (non-hydrogen) atoms. The molecule has 0 aliphatic carbocycles. The molecule has 0 saturated carbocycles. The van der Waals surface area contributed by atoms with E-state index in [1.165, 1.54) is 0 Å². The highest BCUT2D eigenvalue weighted by Gasteiger charge is 2.24. The lowest BCUT2D eigenvalue weighted by atomic mass is 10.1. The summed E-state index contributed by atoms with van der Waals surface area (Å²) < 4.78 is 45.6. The standard InChI is InChI=1S/C19H19F3N2O2/c1-11-10-26-12(2)9-24(11)14-5-3-13(4-6-14)23-19(25)15-7-8-16(20)18(22)17(15)21/h3-8,11-12H,9-10H2,1-2H3,(H,23,25). The second-order valence-corrected chi connectivity index (χ2v) is 6.37. The topological polar surface area (TPSA) is 41.6 Å². The summed E-state index contributed by atoms with van der Waals surface area (Å²) in [5.41, 5.74) is 0.852. The number of halogens is 3. The molecule has 2 aromatic carbocycles. The third kappa shape index (κ3) is 3.67. The van der Waals surface area contributed by atoms with Gasteiger partial charge in [-0.25, -0.2) is 13.2 Å². The van der Waals surface area contributed by atoms with Gasteiger partial charge in [0, 0.05) is 24.0 Å². The summed E-state index contributed by atoms with van der Waals surface area (Å²) in [6.07, 6.45) is 0.127. The Labute approximate surface area is 149 Å². The van der Waals surface area contributed by atoms with E-state index >= 15 is 0 Å². The van der Waals surface area contributed by atoms with Crippen molar-refractivity contribution in [2.24, 2.45) is 0 Å². The average molecular weight is 364 g/mol. The molecule has 1 amide bonds. The van der Waals surface area contributed by atoms with E-state index < -0.39 is 28.9 Å². The Hall–Kier alpha value is -2.54. The summed E-state index contributed by atoms with van der Waals surface area (Å²) in [4.78, 5) is 14.3. The molecule has 0 spiro atoms. The third-order valence-corrected chi connectivity index (χ3v) is 4.34. The van der Waals surface area contributed by atoms with Crippen molar-refractivity contribution >= 4 is 17.3 Å². The number of rotatable bonds is 3. The molecule has 2 aromatic rings. The number of hydrogen-bond acceptors (Lipinski definition) is 3. The first kappa shape index (κ1) is 18.3. The number of amides is 1. The zero-order valence-electron chi connectivity index (χ0n) is 14.4. The van der Waals surface area contributed by atoms with Gasteiger partial charge in [-0.05, 0) is 50.2 Å². The van der Waals surface area contributed by atoms with Gasteiger partial charge in [-0.15, -0.1) is 0 Å². The fourth-order valence-electron chi connectivity index (χ4n) is 2.90. The minimum atomic E-state index is -1.66. The number of nitrogens with one attached hydrogen (secondary N) is 1. The van der Waals surface area contributed by atoms with Crippen LogP contribution in [0.2, 0.25) is 0 Å². The van der Waals surface area contributed by atoms with Gasteiger partial charge in [0.1, 0.15) is 0 Å². The van der Waals surface area contributed by atoms with Crippen LogP contribution in [0.3, 0.4) is 0 Å². The number of hydrogen-bond donors (Lipinski definition) is 1. The van der Waals surface area contributed by atoms with E-state index in [1.807, 2.05) is 19.1 Å². The fourth-order valence-corrected chi connectivity index (χ4v) is 2.90. The first-order chi connectivity index (χ1) is 12.4. The van der Waals surface area contributed by atoms with Gasteiger partial charge in [-0.2, -0.15) is 0 Å². The van der Waals surface area contributed by atoms with E-state index in [1.54, 1.807) is 12.1 Å². The zero-order chi connectivity index (χ0) is 18.8. The summed E-state index contributed by atoms with van der Waals surface area (Å²) in [7, 11) is 0. The SMILES string of the molecule is CC1CN(c2ccc(NC(=O)c3ccc(F)c(F)c3F)cc2)C(C)CO1. The highest BCUT2D eigenvalue weighted by Crippen LogP contribution is 2.24. The van der Waals surface area contributed by atoms with Crippen molar-refractivity contribution in [1.82, 2.24) is 0 Å². The van der Waals surface area contributed by atoms with Crippen LogP contribution in [0.4, 0.5) is 24.5 Å². The van der Waals surface area contributed by atoms with Gasteiger partial charge in [-0.3, -0.25) is 4.79 Å². The van der Waals surface area contributed by atoms with Crippen LogP contribution in [-0.4, -0.2) is 31.2 Å². The van der Waals surface area contributed by atoms with E-state index in [0.717, 1.165) is 24.4 Å². The summed E-state index contributed by atoms with van der Waals surface area (Å²) in [6.45, 7) is 5.46. The average Bonchev–Trinajstić information content (AvgIpc) is 2.62. The quantitative estimate of drug-likeness (QED) is 0.838. The van der Waals surface area contributed by atoms with E-state index in [-0.39, 0.29) is 12.1 Å². The molecule has 1 saturated heterocycles. The van der Waals surface area contributed by atoms with Crippen molar-refractivity contribution in [3.05, 3.63) is 59.4 Å². The predicted octanol–water partition coefficient (Wildman–Crippen LogP) is 3.97. The van der Waals surface area contributed by atoms with Gasteiger partial charge >= 0.3 is 0 Å². The molecule has 0 aromatic heterocycles. The molecule has 3 rings (SSSR count). The maximum atomic E-state index is 13.7. The van der Waals surface area contributed by atoms with Gasteiger partial charge in [-0.1, -0.05) is 0 Å². The van der Waals surface area contributed by atoms with Crippen LogP contribution in [0.25, 0.3) is 0 Å². The number of carbonyl (C=O) groups excluding carboxylic acids is 1. The van der Waals surface area contributed by atoms with Crippen molar-refractivity contribution < 1.29 is 22.7 Å². The minimum absolute atomic E-state index is 0.127. The van der Waals surface area contributed by atoms with E-state index in [2.05, 4.69) is 17.1 Å². The second kappa shape index (κ2) is 7.37. The second-order valence-electron chi connectivity index (χ2n) is 6.37. The van der Waals surface area contributed by atoms with Crippen molar-refractivity contribution in [1.29, 1.82) is 0 Å². The van der Waals surface area contributed by atoms with Crippen molar-refractivity contribution in [3.63, 3.8) is 0 Å². The lowest BCUT2D eigenvalue weighted by Crippen LogP contribution is -2.47. The Morgan fingerprint density at radius 1 is 1.08 bits per heavy atom.